The second-order valence-corrected chi connectivity index (χ2v) is 7.91. The van der Waals surface area contributed by atoms with Crippen molar-refractivity contribution in [3.8, 4) is 0 Å². The fraction of sp³-hybridized carbons (Fsp3) is 0.667. The van der Waals surface area contributed by atoms with Crippen LogP contribution in [0.5, 0.6) is 0 Å². The van der Waals surface area contributed by atoms with E-state index in [0.717, 1.165) is 6.42 Å². The standard InChI is InChI=1S/C21H32N2O3/c1-23(18-5-3-2-4-6-18)19-9-7-17(8-10-19)20(25)22-15-21(11-13-24)12-14-26-16-21/h7-10,18,24H,2-6,11-16H2,1H3,(H,22,25)/t21-/m1/s1. The van der Waals surface area contributed by atoms with E-state index in [2.05, 4.69) is 17.3 Å². The van der Waals surface area contributed by atoms with Crippen LogP contribution in [-0.4, -0.2) is 50.5 Å². The summed E-state index contributed by atoms with van der Waals surface area (Å²) in [5.41, 5.74) is 1.74. The number of ether oxygens (including phenoxy) is 1. The largest absolute Gasteiger partial charge is 0.396 e. The van der Waals surface area contributed by atoms with Gasteiger partial charge >= 0.3 is 0 Å². The SMILES string of the molecule is CN(c1ccc(C(=O)NC[C@@]2(CCO)CCOC2)cc1)C1CCCCC1. The highest BCUT2D eigenvalue weighted by Gasteiger charge is 2.34. The number of anilines is 1. The zero-order valence-corrected chi connectivity index (χ0v) is 15.9. The minimum atomic E-state index is -0.119. The lowest BCUT2D eigenvalue weighted by Gasteiger charge is -2.33. The maximum Gasteiger partial charge on any atom is 0.251 e. The molecule has 1 atom stereocenters. The molecule has 1 saturated carbocycles. The molecule has 5 nitrogen and oxygen atoms in total. The summed E-state index contributed by atoms with van der Waals surface area (Å²) >= 11 is 0. The van der Waals surface area contributed by atoms with Crippen LogP contribution in [0.2, 0.25) is 0 Å². The van der Waals surface area contributed by atoms with Crippen molar-refractivity contribution in [2.45, 2.75) is 51.0 Å². The first-order valence-electron chi connectivity index (χ1n) is 9.93. The highest BCUT2D eigenvalue weighted by Crippen LogP contribution is 2.31. The van der Waals surface area contributed by atoms with Crippen molar-refractivity contribution in [1.82, 2.24) is 5.32 Å². The number of rotatable bonds is 7. The van der Waals surface area contributed by atoms with Gasteiger partial charge in [0.15, 0.2) is 0 Å². The molecule has 0 radical (unpaired) electrons. The number of nitrogens with one attached hydrogen (secondary N) is 1. The molecule has 1 aromatic rings. The molecular formula is C21H32N2O3. The van der Waals surface area contributed by atoms with Gasteiger partial charge in [0.1, 0.15) is 0 Å². The molecule has 0 aromatic heterocycles. The molecule has 26 heavy (non-hydrogen) atoms. The Morgan fingerprint density at radius 3 is 2.62 bits per heavy atom. The first-order chi connectivity index (χ1) is 12.6. The van der Waals surface area contributed by atoms with Crippen LogP contribution in [0.1, 0.15) is 55.3 Å². The van der Waals surface area contributed by atoms with E-state index in [1.165, 1.54) is 37.8 Å². The third kappa shape index (κ3) is 4.57. The van der Waals surface area contributed by atoms with Crippen molar-refractivity contribution in [3.63, 3.8) is 0 Å². The van der Waals surface area contributed by atoms with E-state index in [9.17, 15) is 9.90 Å². The van der Waals surface area contributed by atoms with E-state index >= 15 is 0 Å². The van der Waals surface area contributed by atoms with E-state index < -0.39 is 0 Å². The van der Waals surface area contributed by atoms with Gasteiger partial charge in [0, 0.05) is 49.5 Å². The van der Waals surface area contributed by atoms with Crippen LogP contribution >= 0.6 is 0 Å². The van der Waals surface area contributed by atoms with Crippen molar-refractivity contribution < 1.29 is 14.6 Å². The smallest absolute Gasteiger partial charge is 0.251 e. The van der Waals surface area contributed by atoms with Gasteiger partial charge in [-0.15, -0.1) is 0 Å². The Morgan fingerprint density at radius 2 is 2.00 bits per heavy atom. The average molecular weight is 360 g/mol. The molecule has 2 fully saturated rings. The van der Waals surface area contributed by atoms with Crippen LogP contribution < -0.4 is 10.2 Å². The minimum Gasteiger partial charge on any atom is -0.396 e. The monoisotopic (exact) mass is 360 g/mol. The van der Waals surface area contributed by atoms with E-state index in [1.807, 2.05) is 24.3 Å². The molecule has 0 bridgehead atoms. The van der Waals surface area contributed by atoms with Gasteiger partial charge in [-0.1, -0.05) is 19.3 Å². The lowest BCUT2D eigenvalue weighted by Crippen LogP contribution is -2.38. The second-order valence-electron chi connectivity index (χ2n) is 7.91. The maximum atomic E-state index is 12.5. The van der Waals surface area contributed by atoms with Gasteiger partial charge in [-0.3, -0.25) is 4.79 Å². The molecule has 2 N–H and O–H groups in total. The third-order valence-electron chi connectivity index (χ3n) is 6.11. The molecule has 0 spiro atoms. The van der Waals surface area contributed by atoms with E-state index in [1.54, 1.807) is 0 Å². The van der Waals surface area contributed by atoms with Gasteiger partial charge in [0.2, 0.25) is 0 Å². The molecule has 1 heterocycles. The molecule has 144 valence electrons. The van der Waals surface area contributed by atoms with E-state index in [4.69, 9.17) is 4.74 Å². The van der Waals surface area contributed by atoms with Crippen molar-refractivity contribution in [3.05, 3.63) is 29.8 Å². The molecule has 2 aliphatic rings. The normalized spacial score (nSPS) is 23.8. The highest BCUT2D eigenvalue weighted by molar-refractivity contribution is 5.94. The number of nitrogens with zero attached hydrogens (tertiary/aromatic N) is 1. The number of amides is 1. The number of hydrogen-bond acceptors (Lipinski definition) is 4. The highest BCUT2D eigenvalue weighted by atomic mass is 16.5. The third-order valence-corrected chi connectivity index (χ3v) is 6.11. The molecule has 0 unspecified atom stereocenters. The summed E-state index contributed by atoms with van der Waals surface area (Å²) in [4.78, 5) is 14.9. The Morgan fingerprint density at radius 1 is 1.27 bits per heavy atom. The van der Waals surface area contributed by atoms with Crippen LogP contribution in [0.3, 0.4) is 0 Å². The number of hydrogen-bond donors (Lipinski definition) is 2. The van der Waals surface area contributed by atoms with Crippen LogP contribution in [0, 0.1) is 5.41 Å². The number of carbonyl (C=O) groups excluding carboxylic acids is 1. The summed E-state index contributed by atoms with van der Waals surface area (Å²) in [6.45, 7) is 1.99. The summed E-state index contributed by atoms with van der Waals surface area (Å²) in [5, 5.41) is 12.3. The summed E-state index contributed by atoms with van der Waals surface area (Å²) in [6.07, 6.45) is 8.05. The van der Waals surface area contributed by atoms with Gasteiger partial charge in [0.05, 0.1) is 6.61 Å². The van der Waals surface area contributed by atoms with Gasteiger partial charge < -0.3 is 20.1 Å². The molecular weight excluding hydrogens is 328 g/mol. The Labute approximate surface area is 156 Å². The quantitative estimate of drug-likeness (QED) is 0.785. The Kier molecular flexibility index (Phi) is 6.54. The second kappa shape index (κ2) is 8.87. The van der Waals surface area contributed by atoms with Gasteiger partial charge in [-0.2, -0.15) is 0 Å². The van der Waals surface area contributed by atoms with Crippen molar-refractivity contribution >= 4 is 11.6 Å². The summed E-state index contributed by atoms with van der Waals surface area (Å²) in [5.74, 6) is -0.0546. The van der Waals surface area contributed by atoms with Crippen LogP contribution in [0.4, 0.5) is 5.69 Å². The van der Waals surface area contributed by atoms with Crippen LogP contribution in [-0.2, 0) is 4.74 Å². The van der Waals surface area contributed by atoms with E-state index in [-0.39, 0.29) is 17.9 Å². The van der Waals surface area contributed by atoms with Gasteiger partial charge in [-0.05, 0) is 49.9 Å². The fourth-order valence-corrected chi connectivity index (χ4v) is 4.21. The minimum absolute atomic E-state index is 0.0546. The van der Waals surface area contributed by atoms with Gasteiger partial charge in [-0.25, -0.2) is 0 Å². The molecule has 5 heteroatoms. The lowest BCUT2D eigenvalue weighted by atomic mass is 9.84. The average Bonchev–Trinajstić information content (AvgIpc) is 3.15. The Hall–Kier alpha value is -1.59. The Balaban J connectivity index is 1.56. The van der Waals surface area contributed by atoms with Gasteiger partial charge in [0.25, 0.3) is 5.91 Å². The first-order valence-corrected chi connectivity index (χ1v) is 9.93. The van der Waals surface area contributed by atoms with Crippen molar-refractivity contribution in [2.75, 3.05) is 38.3 Å². The number of benzene rings is 1. The maximum absolute atomic E-state index is 12.5. The lowest BCUT2D eigenvalue weighted by molar-refractivity contribution is 0.0889. The first kappa shape index (κ1) is 19.2. The molecule has 1 saturated heterocycles. The molecule has 1 aliphatic carbocycles. The summed E-state index contributed by atoms with van der Waals surface area (Å²) in [6, 6.07) is 8.53. The number of aliphatic hydroxyl groups is 1. The number of aliphatic hydroxyl groups excluding tert-OH is 1. The summed E-state index contributed by atoms with van der Waals surface area (Å²) in [7, 11) is 2.16. The molecule has 3 rings (SSSR count). The zero-order valence-electron chi connectivity index (χ0n) is 15.9. The predicted octanol–water partition coefficient (Wildman–Crippen LogP) is 2.97. The van der Waals surface area contributed by atoms with E-state index in [0.29, 0.717) is 37.8 Å². The predicted molar refractivity (Wildman–Crippen MR) is 104 cm³/mol. The molecule has 1 amide bonds. The topological polar surface area (TPSA) is 61.8 Å². The van der Waals surface area contributed by atoms with Crippen LogP contribution in [0.25, 0.3) is 0 Å². The zero-order chi connectivity index (χ0) is 18.4. The van der Waals surface area contributed by atoms with Crippen molar-refractivity contribution in [1.29, 1.82) is 0 Å². The number of carbonyl (C=O) groups is 1. The summed E-state index contributed by atoms with van der Waals surface area (Å²) < 4.78 is 5.48. The Bertz CT molecular complexity index is 575. The van der Waals surface area contributed by atoms with Crippen molar-refractivity contribution in [2.24, 2.45) is 5.41 Å². The van der Waals surface area contributed by atoms with Crippen LogP contribution in [0.15, 0.2) is 24.3 Å². The fourth-order valence-electron chi connectivity index (χ4n) is 4.21. The molecule has 1 aliphatic heterocycles. The molecule has 1 aromatic carbocycles.